The fourth-order valence-corrected chi connectivity index (χ4v) is 9.28. The molecule has 0 saturated carbocycles. The molecule has 0 spiro atoms. The summed E-state index contributed by atoms with van der Waals surface area (Å²) in [5.41, 5.74) is 11.2. The first-order chi connectivity index (χ1) is 27.8. The van der Waals surface area contributed by atoms with Crippen LogP contribution in [0.5, 0.6) is 0 Å². The van der Waals surface area contributed by atoms with Gasteiger partial charge in [0.05, 0.1) is 11.0 Å². The summed E-state index contributed by atoms with van der Waals surface area (Å²) < 4.78 is 4.87. The molecule has 0 bridgehead atoms. The van der Waals surface area contributed by atoms with Gasteiger partial charge in [-0.2, -0.15) is 0 Å². The minimum absolute atomic E-state index is 0.653. The Kier molecular flexibility index (Phi) is 7.64. The van der Waals surface area contributed by atoms with Crippen LogP contribution < -0.4 is 0 Å². The number of hydrogen-bond donors (Lipinski definition) is 0. The molecule has 0 N–H and O–H groups in total. The maximum Gasteiger partial charge on any atom is 0.164 e. The van der Waals surface area contributed by atoms with Gasteiger partial charge in [-0.1, -0.05) is 170 Å². The molecule has 0 radical (unpaired) electrons. The Hall–Kier alpha value is -7.21. The van der Waals surface area contributed by atoms with E-state index in [1.807, 2.05) is 72.0 Å². The van der Waals surface area contributed by atoms with Crippen LogP contribution in [0.1, 0.15) is 0 Å². The number of aromatic nitrogens is 4. The molecule has 262 valence electrons. The second-order valence-electron chi connectivity index (χ2n) is 14.0. The van der Waals surface area contributed by atoms with Crippen LogP contribution in [0.4, 0.5) is 0 Å². The lowest BCUT2D eigenvalue weighted by Gasteiger charge is -2.14. The van der Waals surface area contributed by atoms with Crippen molar-refractivity contribution in [3.05, 3.63) is 194 Å². The standard InChI is InChI=1S/C51H32N4S/c1-5-16-33(17-6-1)39-25-15-26-41-40-24-13-14-27-44(40)55(48(39)41)38-31-43(34-18-7-2-8-19-34)47-42-29-28-37(30-45(42)56-46(47)32-38)51-53-49(35-20-9-3-10-21-35)52-50(54-51)36-22-11-4-12-23-36/h1-32H. The minimum Gasteiger partial charge on any atom is -0.309 e. The summed E-state index contributed by atoms with van der Waals surface area (Å²) in [5, 5.41) is 4.95. The average molecular weight is 733 g/mol. The summed E-state index contributed by atoms with van der Waals surface area (Å²) in [4.78, 5) is 15.0. The van der Waals surface area contributed by atoms with Crippen LogP contribution in [0, 0.1) is 0 Å². The molecule has 56 heavy (non-hydrogen) atoms. The van der Waals surface area contributed by atoms with Gasteiger partial charge < -0.3 is 4.57 Å². The number of rotatable bonds is 6. The zero-order chi connectivity index (χ0) is 37.0. The fraction of sp³-hybridized carbons (Fsp3) is 0. The molecular formula is C51H32N4S. The third-order valence-corrected chi connectivity index (χ3v) is 11.7. The first-order valence-corrected chi connectivity index (χ1v) is 19.6. The van der Waals surface area contributed by atoms with Crippen LogP contribution in [-0.4, -0.2) is 19.5 Å². The van der Waals surface area contributed by atoms with Crippen molar-refractivity contribution in [2.75, 3.05) is 0 Å². The smallest absolute Gasteiger partial charge is 0.164 e. The molecule has 3 aromatic heterocycles. The molecule has 0 aliphatic heterocycles. The number of benzene rings is 8. The van der Waals surface area contributed by atoms with Crippen LogP contribution in [0.2, 0.25) is 0 Å². The Labute approximate surface area is 327 Å². The van der Waals surface area contributed by atoms with E-state index in [1.165, 1.54) is 64.2 Å². The quantitative estimate of drug-likeness (QED) is 0.171. The van der Waals surface area contributed by atoms with Crippen molar-refractivity contribution in [2.24, 2.45) is 0 Å². The third-order valence-electron chi connectivity index (χ3n) is 10.6. The van der Waals surface area contributed by atoms with E-state index >= 15 is 0 Å². The van der Waals surface area contributed by atoms with E-state index in [2.05, 4.69) is 138 Å². The van der Waals surface area contributed by atoms with Crippen molar-refractivity contribution in [1.82, 2.24) is 19.5 Å². The highest BCUT2D eigenvalue weighted by Gasteiger charge is 2.20. The average Bonchev–Trinajstić information content (AvgIpc) is 3.82. The summed E-state index contributed by atoms with van der Waals surface area (Å²) >= 11 is 1.82. The molecule has 11 rings (SSSR count). The number of hydrogen-bond acceptors (Lipinski definition) is 4. The highest BCUT2D eigenvalue weighted by molar-refractivity contribution is 7.26. The molecule has 0 amide bonds. The lowest BCUT2D eigenvalue weighted by molar-refractivity contribution is 1.07. The van der Waals surface area contributed by atoms with E-state index in [9.17, 15) is 0 Å². The van der Waals surface area contributed by atoms with Gasteiger partial charge in [0.1, 0.15) is 0 Å². The van der Waals surface area contributed by atoms with Gasteiger partial charge in [0.15, 0.2) is 17.5 Å². The maximum absolute atomic E-state index is 5.04. The largest absolute Gasteiger partial charge is 0.309 e. The van der Waals surface area contributed by atoms with Gasteiger partial charge in [-0.3, -0.25) is 0 Å². The number of nitrogens with zero attached hydrogens (tertiary/aromatic N) is 4. The highest BCUT2D eigenvalue weighted by Crippen LogP contribution is 2.45. The molecule has 0 atom stereocenters. The molecule has 4 nitrogen and oxygen atoms in total. The molecule has 0 fully saturated rings. The summed E-state index contributed by atoms with van der Waals surface area (Å²) in [6.07, 6.45) is 0. The summed E-state index contributed by atoms with van der Waals surface area (Å²) in [5.74, 6) is 1.96. The van der Waals surface area contributed by atoms with Crippen molar-refractivity contribution in [3.63, 3.8) is 0 Å². The molecule has 0 saturated heterocycles. The summed E-state index contributed by atoms with van der Waals surface area (Å²) in [7, 11) is 0. The summed E-state index contributed by atoms with van der Waals surface area (Å²) in [6, 6.07) is 68.7. The predicted octanol–water partition coefficient (Wildman–Crippen LogP) is 13.7. The molecule has 5 heteroatoms. The van der Waals surface area contributed by atoms with E-state index in [-0.39, 0.29) is 0 Å². The lowest BCUT2D eigenvalue weighted by atomic mass is 9.98. The van der Waals surface area contributed by atoms with E-state index in [0.29, 0.717) is 17.5 Å². The Bertz CT molecular complexity index is 3170. The Morgan fingerprint density at radius 1 is 0.357 bits per heavy atom. The first-order valence-electron chi connectivity index (χ1n) is 18.8. The SMILES string of the molecule is c1ccc(-c2nc(-c3ccccc3)nc(-c3ccc4c(c3)sc3cc(-n5c6ccccc6c6cccc(-c7ccccc7)c65)cc(-c5ccccc5)c34)n2)cc1. The predicted molar refractivity (Wildman–Crippen MR) is 234 cm³/mol. The van der Waals surface area contributed by atoms with E-state index in [1.54, 1.807) is 0 Å². The highest BCUT2D eigenvalue weighted by atomic mass is 32.1. The third kappa shape index (κ3) is 5.40. The van der Waals surface area contributed by atoms with E-state index in [4.69, 9.17) is 15.0 Å². The molecule has 0 aliphatic rings. The molecule has 0 unspecified atom stereocenters. The van der Waals surface area contributed by atoms with Gasteiger partial charge in [-0.25, -0.2) is 15.0 Å². The fourth-order valence-electron chi connectivity index (χ4n) is 8.08. The second kappa shape index (κ2) is 13.3. The number of thiophene rings is 1. The lowest BCUT2D eigenvalue weighted by Crippen LogP contribution is -2.00. The molecule has 11 aromatic rings. The van der Waals surface area contributed by atoms with Crippen LogP contribution in [0.3, 0.4) is 0 Å². The van der Waals surface area contributed by atoms with Crippen molar-refractivity contribution >= 4 is 53.3 Å². The van der Waals surface area contributed by atoms with Crippen LogP contribution in [0.25, 0.3) is 104 Å². The normalized spacial score (nSPS) is 11.6. The maximum atomic E-state index is 5.04. The van der Waals surface area contributed by atoms with Gasteiger partial charge in [-0.05, 0) is 41.0 Å². The molecule has 0 aliphatic carbocycles. The summed E-state index contributed by atoms with van der Waals surface area (Å²) in [6.45, 7) is 0. The zero-order valence-corrected chi connectivity index (χ0v) is 31.0. The van der Waals surface area contributed by atoms with Gasteiger partial charge in [0, 0.05) is 58.9 Å². The second-order valence-corrected chi connectivity index (χ2v) is 15.1. The Morgan fingerprint density at radius 2 is 0.893 bits per heavy atom. The van der Waals surface area contributed by atoms with Gasteiger partial charge in [0.25, 0.3) is 0 Å². The van der Waals surface area contributed by atoms with Crippen molar-refractivity contribution in [2.45, 2.75) is 0 Å². The van der Waals surface area contributed by atoms with Gasteiger partial charge in [-0.15, -0.1) is 11.3 Å². The topological polar surface area (TPSA) is 43.6 Å². The molecule has 8 aromatic carbocycles. The van der Waals surface area contributed by atoms with Crippen LogP contribution >= 0.6 is 11.3 Å². The molecular weight excluding hydrogens is 701 g/mol. The van der Waals surface area contributed by atoms with Gasteiger partial charge in [0.2, 0.25) is 0 Å². The van der Waals surface area contributed by atoms with Crippen molar-refractivity contribution in [1.29, 1.82) is 0 Å². The monoisotopic (exact) mass is 732 g/mol. The number of fused-ring (bicyclic) bond motifs is 6. The number of para-hydroxylation sites is 2. The van der Waals surface area contributed by atoms with E-state index < -0.39 is 0 Å². The molecule has 3 heterocycles. The Morgan fingerprint density at radius 3 is 1.54 bits per heavy atom. The van der Waals surface area contributed by atoms with Gasteiger partial charge >= 0.3 is 0 Å². The minimum atomic E-state index is 0.653. The van der Waals surface area contributed by atoms with Crippen LogP contribution in [-0.2, 0) is 0 Å². The van der Waals surface area contributed by atoms with Crippen molar-refractivity contribution in [3.8, 4) is 62.1 Å². The Balaban J connectivity index is 1.16. The van der Waals surface area contributed by atoms with Crippen LogP contribution in [0.15, 0.2) is 194 Å². The first kappa shape index (κ1) is 32.2. The zero-order valence-electron chi connectivity index (χ0n) is 30.2. The van der Waals surface area contributed by atoms with Crippen molar-refractivity contribution < 1.29 is 0 Å². The van der Waals surface area contributed by atoms with E-state index in [0.717, 1.165) is 22.4 Å².